The van der Waals surface area contributed by atoms with Crippen molar-refractivity contribution < 1.29 is 28.0 Å². The van der Waals surface area contributed by atoms with Crippen LogP contribution in [0.15, 0.2) is 59.6 Å². The summed E-state index contributed by atoms with van der Waals surface area (Å²) in [4.78, 5) is 33.6. The van der Waals surface area contributed by atoms with Gasteiger partial charge in [0.2, 0.25) is 15.9 Å². The molecule has 184 valence electrons. The molecule has 0 aliphatic carbocycles. The molecule has 1 amide bonds. The Morgan fingerprint density at radius 1 is 1.15 bits per heavy atom. The number of pyridine rings is 1. The molecule has 3 atom stereocenters. The fourth-order valence-corrected chi connectivity index (χ4v) is 4.63. The molecule has 34 heavy (non-hydrogen) atoms. The highest BCUT2D eigenvalue weighted by molar-refractivity contribution is 7.89. The highest BCUT2D eigenvalue weighted by Gasteiger charge is 2.32. The number of carboxylic acids is 1. The van der Waals surface area contributed by atoms with Crippen molar-refractivity contribution in [3.63, 3.8) is 0 Å². The number of sulfonamides is 1. The molecule has 1 aromatic carbocycles. The summed E-state index contributed by atoms with van der Waals surface area (Å²) in [6, 6.07) is 10.9. The number of hydrogen-bond acceptors (Lipinski definition) is 8. The molecule has 1 aromatic heterocycles. The molecule has 3 unspecified atom stereocenters. The third kappa shape index (κ3) is 7.76. The van der Waals surface area contributed by atoms with Crippen LogP contribution in [0.1, 0.15) is 25.7 Å². The van der Waals surface area contributed by atoms with Gasteiger partial charge in [-0.05, 0) is 43.5 Å². The zero-order valence-corrected chi connectivity index (χ0v) is 19.3. The van der Waals surface area contributed by atoms with Gasteiger partial charge < -0.3 is 15.7 Å². The van der Waals surface area contributed by atoms with Crippen LogP contribution in [0.2, 0.25) is 0 Å². The SMILES string of the molecule is O=C(O)C(CNC(=O)C1CC(CCCCNc2ccccn2)ON1)NS(=O)(=O)c1ccccc1. The van der Waals surface area contributed by atoms with E-state index in [1.165, 1.54) is 24.3 Å². The maximum atomic E-state index is 12.4. The van der Waals surface area contributed by atoms with Crippen molar-refractivity contribution in [3.05, 3.63) is 54.7 Å². The third-order valence-corrected chi connectivity index (χ3v) is 6.73. The number of carbonyl (C=O) groups excluding carboxylic acids is 1. The Labute approximate surface area is 198 Å². The molecule has 1 fully saturated rings. The van der Waals surface area contributed by atoms with Crippen LogP contribution in [0.4, 0.5) is 5.82 Å². The summed E-state index contributed by atoms with van der Waals surface area (Å²) in [5.74, 6) is -1.03. The molecule has 2 aromatic rings. The van der Waals surface area contributed by atoms with Crippen LogP contribution in [0.3, 0.4) is 0 Å². The van der Waals surface area contributed by atoms with Crippen LogP contribution in [-0.2, 0) is 24.4 Å². The minimum absolute atomic E-state index is 0.0588. The number of hydrogen-bond donors (Lipinski definition) is 5. The van der Waals surface area contributed by atoms with Gasteiger partial charge in [-0.2, -0.15) is 10.2 Å². The number of rotatable bonds is 13. The van der Waals surface area contributed by atoms with Gasteiger partial charge in [-0.25, -0.2) is 13.4 Å². The lowest BCUT2D eigenvalue weighted by molar-refractivity contribution is -0.139. The van der Waals surface area contributed by atoms with Crippen LogP contribution >= 0.6 is 0 Å². The van der Waals surface area contributed by atoms with Crippen LogP contribution in [0.5, 0.6) is 0 Å². The Morgan fingerprint density at radius 2 is 1.91 bits per heavy atom. The summed E-state index contributed by atoms with van der Waals surface area (Å²) in [5.41, 5.74) is 2.68. The van der Waals surface area contributed by atoms with Crippen molar-refractivity contribution in [1.29, 1.82) is 0 Å². The van der Waals surface area contributed by atoms with Gasteiger partial charge in [0.05, 0.1) is 11.0 Å². The second-order valence-corrected chi connectivity index (χ2v) is 9.57. The molecule has 1 saturated heterocycles. The Bertz CT molecular complexity index is 1040. The predicted octanol–water partition coefficient (Wildman–Crippen LogP) is 0.874. The second-order valence-electron chi connectivity index (χ2n) is 7.85. The van der Waals surface area contributed by atoms with Crippen molar-refractivity contribution in [2.75, 3.05) is 18.4 Å². The second kappa shape index (κ2) is 12.4. The van der Waals surface area contributed by atoms with E-state index in [0.29, 0.717) is 6.42 Å². The normalized spacial score (nSPS) is 18.8. The number of nitrogens with zero attached hydrogens (tertiary/aromatic N) is 1. The van der Waals surface area contributed by atoms with Crippen molar-refractivity contribution in [2.45, 2.75) is 48.8 Å². The van der Waals surface area contributed by atoms with Crippen molar-refractivity contribution in [1.82, 2.24) is 20.5 Å². The van der Waals surface area contributed by atoms with Gasteiger partial charge in [-0.3, -0.25) is 14.4 Å². The molecule has 11 nitrogen and oxygen atoms in total. The number of unbranched alkanes of at least 4 members (excludes halogenated alkanes) is 1. The minimum Gasteiger partial charge on any atom is -0.480 e. The largest absolute Gasteiger partial charge is 0.480 e. The molecular weight excluding hydrogens is 462 g/mol. The van der Waals surface area contributed by atoms with Crippen LogP contribution < -0.4 is 20.8 Å². The summed E-state index contributed by atoms with van der Waals surface area (Å²) in [6.07, 6.45) is 4.58. The number of carbonyl (C=O) groups is 2. The molecule has 0 radical (unpaired) electrons. The van der Waals surface area contributed by atoms with Gasteiger partial charge in [-0.15, -0.1) is 0 Å². The van der Waals surface area contributed by atoms with E-state index in [4.69, 9.17) is 4.84 Å². The molecule has 12 heteroatoms. The summed E-state index contributed by atoms with van der Waals surface area (Å²) in [7, 11) is -4.04. The lowest BCUT2D eigenvalue weighted by atomic mass is 10.1. The molecule has 5 N–H and O–H groups in total. The summed E-state index contributed by atoms with van der Waals surface area (Å²) in [6.45, 7) is 0.374. The number of hydroxylamine groups is 1. The molecule has 0 spiro atoms. The Hall–Kier alpha value is -3.06. The fourth-order valence-electron chi connectivity index (χ4n) is 3.42. The predicted molar refractivity (Wildman–Crippen MR) is 124 cm³/mol. The Balaban J connectivity index is 1.38. The summed E-state index contributed by atoms with van der Waals surface area (Å²) >= 11 is 0. The maximum absolute atomic E-state index is 12.4. The smallest absolute Gasteiger partial charge is 0.323 e. The topological polar surface area (TPSA) is 159 Å². The lowest BCUT2D eigenvalue weighted by Gasteiger charge is -2.17. The Morgan fingerprint density at radius 3 is 2.62 bits per heavy atom. The number of amides is 1. The first kappa shape index (κ1) is 25.6. The number of nitrogens with one attached hydrogen (secondary N) is 4. The zero-order chi connectivity index (χ0) is 24.4. The van der Waals surface area contributed by atoms with E-state index < -0.39 is 40.5 Å². The van der Waals surface area contributed by atoms with Gasteiger partial charge in [-0.1, -0.05) is 24.3 Å². The summed E-state index contributed by atoms with van der Waals surface area (Å²) in [5, 5.41) is 15.1. The quantitative estimate of drug-likeness (QED) is 0.256. The van der Waals surface area contributed by atoms with Gasteiger partial charge in [0, 0.05) is 25.7 Å². The minimum atomic E-state index is -4.04. The molecule has 2 heterocycles. The van der Waals surface area contributed by atoms with E-state index in [2.05, 4.69) is 25.8 Å². The number of aromatic nitrogens is 1. The average molecular weight is 492 g/mol. The van der Waals surface area contributed by atoms with E-state index in [1.807, 2.05) is 18.2 Å². The zero-order valence-electron chi connectivity index (χ0n) is 18.5. The van der Waals surface area contributed by atoms with Gasteiger partial charge >= 0.3 is 5.97 Å². The van der Waals surface area contributed by atoms with Gasteiger partial charge in [0.1, 0.15) is 17.9 Å². The van der Waals surface area contributed by atoms with Crippen molar-refractivity contribution >= 4 is 27.7 Å². The molecule has 0 saturated carbocycles. The number of aliphatic carboxylic acids is 1. The molecule has 1 aliphatic heterocycles. The molecule has 0 bridgehead atoms. The first-order valence-corrected chi connectivity index (χ1v) is 12.5. The summed E-state index contributed by atoms with van der Waals surface area (Å²) < 4.78 is 26.9. The van der Waals surface area contributed by atoms with Crippen LogP contribution in [0.25, 0.3) is 0 Å². The standard InChI is InChI=1S/C22H29N5O6S/c28-21(25-15-19(22(29)30)27-34(31,32)17-9-2-1-3-10-17)18-14-16(33-26-18)8-4-6-12-23-20-11-5-7-13-24-20/h1-3,5,7,9-11,13,16,18-19,26-27H,4,6,8,12,14-15H2,(H,23,24)(H,25,28)(H,29,30). The fraction of sp³-hybridized carbons (Fsp3) is 0.409. The first-order valence-electron chi connectivity index (χ1n) is 11.0. The number of carboxylic acid groups (broad SMARTS) is 1. The molecule has 3 rings (SSSR count). The van der Waals surface area contributed by atoms with Crippen molar-refractivity contribution in [3.8, 4) is 0 Å². The van der Waals surface area contributed by atoms with Crippen LogP contribution in [-0.4, -0.2) is 61.7 Å². The van der Waals surface area contributed by atoms with Crippen molar-refractivity contribution in [2.24, 2.45) is 0 Å². The lowest BCUT2D eigenvalue weighted by Crippen LogP contribution is -2.51. The monoisotopic (exact) mass is 491 g/mol. The van der Waals surface area contributed by atoms with E-state index in [1.54, 1.807) is 12.3 Å². The number of anilines is 1. The van der Waals surface area contributed by atoms with Gasteiger partial charge in [0.25, 0.3) is 0 Å². The van der Waals surface area contributed by atoms with E-state index in [9.17, 15) is 23.1 Å². The van der Waals surface area contributed by atoms with E-state index in [0.717, 1.165) is 31.6 Å². The van der Waals surface area contributed by atoms with E-state index in [-0.39, 0.29) is 11.0 Å². The molecular formula is C22H29N5O6S. The van der Waals surface area contributed by atoms with E-state index >= 15 is 0 Å². The third-order valence-electron chi connectivity index (χ3n) is 5.25. The Kier molecular flexibility index (Phi) is 9.33. The highest BCUT2D eigenvalue weighted by atomic mass is 32.2. The maximum Gasteiger partial charge on any atom is 0.323 e. The number of benzene rings is 1. The molecule has 1 aliphatic rings. The van der Waals surface area contributed by atoms with Gasteiger partial charge in [0.15, 0.2) is 0 Å². The average Bonchev–Trinajstić information content (AvgIpc) is 3.31. The van der Waals surface area contributed by atoms with Crippen LogP contribution in [0, 0.1) is 0 Å². The highest BCUT2D eigenvalue weighted by Crippen LogP contribution is 2.17. The first-order chi connectivity index (χ1) is 16.3.